The lowest BCUT2D eigenvalue weighted by Crippen LogP contribution is -2.51. The Labute approximate surface area is 214 Å². The fourth-order valence-corrected chi connectivity index (χ4v) is 14.7. The molecule has 0 N–H and O–H groups in total. The molecule has 0 bridgehead atoms. The molecule has 2 aromatic carbocycles. The van der Waals surface area contributed by atoms with Crippen LogP contribution in [0.5, 0.6) is 0 Å². The van der Waals surface area contributed by atoms with Crippen LogP contribution in [0.1, 0.15) is 96.3 Å². The van der Waals surface area contributed by atoms with Crippen LogP contribution in [0.2, 0.25) is 16.6 Å². The van der Waals surface area contributed by atoms with Crippen molar-refractivity contribution >= 4 is 24.8 Å². The molecule has 1 aliphatic heterocycles. The van der Waals surface area contributed by atoms with E-state index in [0.29, 0.717) is 16.6 Å². The smallest absolute Gasteiger partial charge is 0.169 e. The minimum Gasteiger partial charge on any atom is -0.373 e. The predicted octanol–water partition coefficient (Wildman–Crippen LogP) is 9.28. The van der Waals surface area contributed by atoms with Crippen LogP contribution >= 0.6 is 0 Å². The van der Waals surface area contributed by atoms with Crippen molar-refractivity contribution in [1.82, 2.24) is 4.23 Å². The number of nitrogens with zero attached hydrogens (tertiary/aromatic N) is 2. The van der Waals surface area contributed by atoms with Crippen LogP contribution < -0.4 is 4.90 Å². The van der Waals surface area contributed by atoms with Gasteiger partial charge in [-0.25, -0.2) is 0 Å². The second-order valence-electron chi connectivity index (χ2n) is 12.3. The van der Waals surface area contributed by atoms with Gasteiger partial charge in [0.05, 0.1) is 0 Å². The summed E-state index contributed by atoms with van der Waals surface area (Å²) in [4.78, 5) is 2.61. The van der Waals surface area contributed by atoms with E-state index in [2.05, 4.69) is 99.3 Å². The van der Waals surface area contributed by atoms with Crippen LogP contribution in [-0.2, 0) is 13.0 Å². The minimum absolute atomic E-state index is 0.697. The van der Waals surface area contributed by atoms with Gasteiger partial charge in [-0.2, -0.15) is 0 Å². The summed E-state index contributed by atoms with van der Waals surface area (Å²) in [5, 5.41) is 1.54. The summed E-state index contributed by atoms with van der Waals surface area (Å²) in [6, 6.07) is 16.5. The van der Waals surface area contributed by atoms with Crippen molar-refractivity contribution in [2.45, 2.75) is 109 Å². The van der Waals surface area contributed by atoms with Gasteiger partial charge < -0.3 is 9.13 Å². The summed E-state index contributed by atoms with van der Waals surface area (Å²) in [6.45, 7) is 17.2. The lowest BCUT2D eigenvalue weighted by molar-refractivity contribution is 0.445. The first-order valence-corrected chi connectivity index (χ1v) is 16.5. The molecule has 0 radical (unpaired) electrons. The lowest BCUT2D eigenvalue weighted by Gasteiger charge is -2.44. The molecule has 2 aliphatic rings. The van der Waals surface area contributed by atoms with E-state index >= 15 is 0 Å². The molecular formula is C32H46N2Si. The molecular weight excluding hydrogens is 440 g/mol. The van der Waals surface area contributed by atoms with Crippen LogP contribution in [-0.4, -0.2) is 19.0 Å². The molecule has 5 rings (SSSR count). The van der Waals surface area contributed by atoms with Crippen molar-refractivity contribution in [3.8, 4) is 0 Å². The zero-order valence-electron chi connectivity index (χ0n) is 23.0. The van der Waals surface area contributed by atoms with Gasteiger partial charge in [-0.15, -0.1) is 0 Å². The fraction of sp³-hybridized carbons (Fsp3) is 0.562. The molecule has 1 aliphatic carbocycles. The minimum atomic E-state index is -1.84. The Balaban J connectivity index is 1.66. The first-order chi connectivity index (χ1) is 16.8. The SMILES string of the molecule is CC(C)[Si](C(C)C)(C(C)C)n1cc(C2CCCCC2)c2ccc(N3CCc4ccccc4C3)cc21. The second-order valence-corrected chi connectivity index (χ2v) is 18.0. The molecule has 1 fully saturated rings. The van der Waals surface area contributed by atoms with Crippen LogP contribution in [0.3, 0.4) is 0 Å². The van der Waals surface area contributed by atoms with E-state index in [4.69, 9.17) is 0 Å². The van der Waals surface area contributed by atoms with Crippen molar-refractivity contribution in [3.63, 3.8) is 0 Å². The topological polar surface area (TPSA) is 8.17 Å². The highest BCUT2D eigenvalue weighted by Gasteiger charge is 2.46. The Kier molecular flexibility index (Phi) is 6.91. The van der Waals surface area contributed by atoms with E-state index in [1.807, 2.05) is 0 Å². The van der Waals surface area contributed by atoms with Crippen LogP contribution in [0.25, 0.3) is 10.9 Å². The lowest BCUT2D eigenvalue weighted by atomic mass is 9.84. The summed E-state index contributed by atoms with van der Waals surface area (Å²) < 4.78 is 2.90. The predicted molar refractivity (Wildman–Crippen MR) is 155 cm³/mol. The molecule has 188 valence electrons. The van der Waals surface area contributed by atoms with Crippen molar-refractivity contribution in [1.29, 1.82) is 0 Å². The van der Waals surface area contributed by atoms with Crippen molar-refractivity contribution < 1.29 is 0 Å². The number of benzene rings is 2. The summed E-state index contributed by atoms with van der Waals surface area (Å²) in [6.07, 6.45) is 10.7. The molecule has 1 aromatic heterocycles. The third-order valence-corrected chi connectivity index (χ3v) is 16.3. The van der Waals surface area contributed by atoms with E-state index in [0.717, 1.165) is 25.4 Å². The molecule has 0 saturated heterocycles. The average Bonchev–Trinajstić information content (AvgIpc) is 3.23. The number of anilines is 1. The zero-order valence-corrected chi connectivity index (χ0v) is 24.0. The first-order valence-electron chi connectivity index (χ1n) is 14.3. The fourth-order valence-electron chi connectivity index (χ4n) is 8.05. The van der Waals surface area contributed by atoms with Gasteiger partial charge in [0, 0.05) is 29.7 Å². The molecule has 2 nitrogen and oxygen atoms in total. The average molecular weight is 487 g/mol. The summed E-state index contributed by atoms with van der Waals surface area (Å²) in [5.41, 5.74) is 9.68. The van der Waals surface area contributed by atoms with E-state index in [-0.39, 0.29) is 0 Å². The molecule has 1 saturated carbocycles. The van der Waals surface area contributed by atoms with Gasteiger partial charge in [0.15, 0.2) is 8.24 Å². The van der Waals surface area contributed by atoms with Gasteiger partial charge in [-0.05, 0) is 76.8 Å². The van der Waals surface area contributed by atoms with Gasteiger partial charge in [0.2, 0.25) is 0 Å². The molecule has 0 spiro atoms. The van der Waals surface area contributed by atoms with E-state index in [9.17, 15) is 0 Å². The maximum atomic E-state index is 2.90. The number of hydrogen-bond donors (Lipinski definition) is 0. The van der Waals surface area contributed by atoms with E-state index in [1.54, 1.807) is 5.56 Å². The molecule has 2 heterocycles. The van der Waals surface area contributed by atoms with Gasteiger partial charge in [0.1, 0.15) is 0 Å². The van der Waals surface area contributed by atoms with Crippen LogP contribution in [0, 0.1) is 0 Å². The summed E-state index contributed by atoms with van der Waals surface area (Å²) in [7, 11) is -1.84. The largest absolute Gasteiger partial charge is 0.373 e. The summed E-state index contributed by atoms with van der Waals surface area (Å²) >= 11 is 0. The highest BCUT2D eigenvalue weighted by Crippen LogP contribution is 2.47. The van der Waals surface area contributed by atoms with Gasteiger partial charge in [-0.3, -0.25) is 0 Å². The number of fused-ring (bicyclic) bond motifs is 2. The third kappa shape index (κ3) is 4.18. The second kappa shape index (κ2) is 9.80. The van der Waals surface area contributed by atoms with Crippen molar-refractivity contribution in [2.75, 3.05) is 11.4 Å². The molecule has 0 unspecified atom stereocenters. The monoisotopic (exact) mass is 486 g/mol. The van der Waals surface area contributed by atoms with Gasteiger partial charge >= 0.3 is 0 Å². The maximum Gasteiger partial charge on any atom is 0.169 e. The van der Waals surface area contributed by atoms with E-state index in [1.165, 1.54) is 59.8 Å². The van der Waals surface area contributed by atoms with Gasteiger partial charge in [0.25, 0.3) is 0 Å². The maximum absolute atomic E-state index is 2.90. The van der Waals surface area contributed by atoms with Crippen molar-refractivity contribution in [3.05, 3.63) is 65.4 Å². The van der Waals surface area contributed by atoms with Gasteiger partial charge in [-0.1, -0.05) is 91.1 Å². The highest BCUT2D eigenvalue weighted by molar-refractivity contribution is 6.82. The number of rotatable bonds is 6. The Morgan fingerprint density at radius 2 is 1.46 bits per heavy atom. The van der Waals surface area contributed by atoms with Crippen molar-refractivity contribution in [2.24, 2.45) is 0 Å². The molecule has 0 amide bonds. The standard InChI is InChI=1S/C32H46N2Si/c1-23(2)35(24(3)4,25(5)6)34-22-31(27-13-8-7-9-14-27)30-17-16-29(20-32(30)34)33-19-18-26-12-10-11-15-28(26)21-33/h10-12,15-17,20,22-25,27H,7-9,13-14,18-19,21H2,1-6H3. The molecule has 3 heteroatoms. The third-order valence-electron chi connectivity index (χ3n) is 9.55. The van der Waals surface area contributed by atoms with Crippen LogP contribution in [0.15, 0.2) is 48.7 Å². The molecule has 3 aromatic rings. The van der Waals surface area contributed by atoms with Crippen LogP contribution in [0.4, 0.5) is 5.69 Å². The Morgan fingerprint density at radius 3 is 2.11 bits per heavy atom. The number of aromatic nitrogens is 1. The zero-order chi connectivity index (χ0) is 24.7. The highest BCUT2D eigenvalue weighted by atomic mass is 28.3. The van der Waals surface area contributed by atoms with E-state index < -0.39 is 8.24 Å². The Bertz CT molecular complexity index is 1140. The normalized spacial score (nSPS) is 17.7. The summed E-state index contributed by atoms with van der Waals surface area (Å²) in [5.74, 6) is 0.735. The Morgan fingerprint density at radius 1 is 0.800 bits per heavy atom. The first kappa shape index (κ1) is 24.7. The number of hydrogen-bond acceptors (Lipinski definition) is 1. The molecule has 35 heavy (non-hydrogen) atoms. The molecule has 0 atom stereocenters. The Hall–Kier alpha value is -2.00. The quantitative estimate of drug-likeness (QED) is 0.315.